The van der Waals surface area contributed by atoms with Gasteiger partial charge in [-0.05, 0) is 18.9 Å². The Balaban J connectivity index is 3.87. The van der Waals surface area contributed by atoms with Crippen LogP contribution in [0, 0.1) is 11.8 Å². The van der Waals surface area contributed by atoms with E-state index in [2.05, 4.69) is 32.7 Å². The van der Waals surface area contributed by atoms with Crippen molar-refractivity contribution >= 4 is 0 Å². The van der Waals surface area contributed by atoms with Crippen molar-refractivity contribution in [2.24, 2.45) is 11.8 Å². The zero-order valence-corrected chi connectivity index (χ0v) is 7.52. The normalized spacial score (nSPS) is 16.9. The Morgan fingerprint density at radius 2 is 1.80 bits per heavy atom. The predicted molar refractivity (Wildman–Crippen MR) is 47.0 cm³/mol. The number of hydrogen-bond donors (Lipinski definition) is 1. The number of nitrogens with one attached hydrogen (secondary N) is 1. The maximum absolute atomic E-state index is 3.77. The molecule has 0 fully saturated rings. The third-order valence-electron chi connectivity index (χ3n) is 2.21. The van der Waals surface area contributed by atoms with Gasteiger partial charge in [-0.15, -0.1) is 6.58 Å². The molecule has 0 aromatic carbocycles. The van der Waals surface area contributed by atoms with E-state index in [0.29, 0.717) is 12.0 Å². The molecule has 0 bridgehead atoms. The predicted octanol–water partition coefficient (Wildman–Crippen LogP) is 2.05. The molecule has 0 radical (unpaired) electrons. The summed E-state index contributed by atoms with van der Waals surface area (Å²) in [7, 11) is 1.98. The van der Waals surface area contributed by atoms with Gasteiger partial charge >= 0.3 is 0 Å². The molecular weight excluding hydrogens is 122 g/mol. The van der Waals surface area contributed by atoms with Crippen LogP contribution in [0.1, 0.15) is 20.8 Å². The lowest BCUT2D eigenvalue weighted by atomic mass is 9.90. The molecule has 0 rings (SSSR count). The summed E-state index contributed by atoms with van der Waals surface area (Å²) in [5.41, 5.74) is 0. The lowest BCUT2D eigenvalue weighted by molar-refractivity contribution is 0.352. The summed E-state index contributed by atoms with van der Waals surface area (Å²) in [5.74, 6) is 1.39. The van der Waals surface area contributed by atoms with Crippen molar-refractivity contribution in [2.75, 3.05) is 7.05 Å². The second-order valence-corrected chi connectivity index (χ2v) is 3.15. The van der Waals surface area contributed by atoms with E-state index in [1.807, 2.05) is 13.1 Å². The van der Waals surface area contributed by atoms with E-state index < -0.39 is 0 Å². The summed E-state index contributed by atoms with van der Waals surface area (Å²) in [6.45, 7) is 10.5. The quantitative estimate of drug-likeness (QED) is 0.591. The third kappa shape index (κ3) is 2.53. The summed E-state index contributed by atoms with van der Waals surface area (Å²) in [6, 6.07) is 0.458. The summed E-state index contributed by atoms with van der Waals surface area (Å²) < 4.78 is 0. The molecule has 0 aliphatic rings. The largest absolute Gasteiger partial charge is 0.313 e. The molecule has 2 unspecified atom stereocenters. The van der Waals surface area contributed by atoms with E-state index in [1.54, 1.807) is 0 Å². The number of hydrogen-bond acceptors (Lipinski definition) is 1. The van der Waals surface area contributed by atoms with Gasteiger partial charge in [-0.1, -0.05) is 26.8 Å². The molecule has 0 heterocycles. The van der Waals surface area contributed by atoms with E-state index in [-0.39, 0.29) is 0 Å². The first kappa shape index (κ1) is 9.70. The van der Waals surface area contributed by atoms with E-state index in [9.17, 15) is 0 Å². The van der Waals surface area contributed by atoms with Gasteiger partial charge in [0.05, 0.1) is 0 Å². The van der Waals surface area contributed by atoms with E-state index in [1.165, 1.54) is 0 Å². The lowest BCUT2D eigenvalue weighted by Gasteiger charge is -2.23. The third-order valence-corrected chi connectivity index (χ3v) is 2.21. The van der Waals surface area contributed by atoms with E-state index in [0.717, 1.165) is 5.92 Å². The number of likely N-dealkylation sites (N-methyl/N-ethyl adjacent to an activating group) is 1. The molecule has 10 heavy (non-hydrogen) atoms. The van der Waals surface area contributed by atoms with E-state index in [4.69, 9.17) is 0 Å². The van der Waals surface area contributed by atoms with Crippen molar-refractivity contribution < 1.29 is 0 Å². The average molecular weight is 141 g/mol. The fraction of sp³-hybridized carbons (Fsp3) is 0.778. The Hall–Kier alpha value is -0.300. The summed E-state index contributed by atoms with van der Waals surface area (Å²) in [6.07, 6.45) is 1.98. The number of rotatable bonds is 4. The fourth-order valence-electron chi connectivity index (χ4n) is 1.01. The second kappa shape index (κ2) is 4.51. The summed E-state index contributed by atoms with van der Waals surface area (Å²) >= 11 is 0. The van der Waals surface area contributed by atoms with Crippen molar-refractivity contribution in [3.05, 3.63) is 12.7 Å². The van der Waals surface area contributed by atoms with Crippen LogP contribution >= 0.6 is 0 Å². The van der Waals surface area contributed by atoms with Crippen molar-refractivity contribution in [1.29, 1.82) is 0 Å². The maximum atomic E-state index is 3.77. The van der Waals surface area contributed by atoms with Gasteiger partial charge in [-0.25, -0.2) is 0 Å². The van der Waals surface area contributed by atoms with Gasteiger partial charge in [0.15, 0.2) is 0 Å². The molecule has 0 aliphatic heterocycles. The minimum Gasteiger partial charge on any atom is -0.313 e. The van der Waals surface area contributed by atoms with Gasteiger partial charge in [0.25, 0.3) is 0 Å². The highest BCUT2D eigenvalue weighted by Crippen LogP contribution is 2.14. The van der Waals surface area contributed by atoms with Crippen LogP contribution in [-0.2, 0) is 0 Å². The summed E-state index contributed by atoms with van der Waals surface area (Å²) in [4.78, 5) is 0. The van der Waals surface area contributed by atoms with Crippen LogP contribution in [0.4, 0.5) is 0 Å². The zero-order valence-electron chi connectivity index (χ0n) is 7.52. The molecule has 1 N–H and O–H groups in total. The molecule has 60 valence electrons. The second-order valence-electron chi connectivity index (χ2n) is 3.15. The van der Waals surface area contributed by atoms with Gasteiger partial charge < -0.3 is 5.32 Å². The van der Waals surface area contributed by atoms with Crippen LogP contribution in [0.5, 0.6) is 0 Å². The van der Waals surface area contributed by atoms with Gasteiger partial charge in [-0.3, -0.25) is 0 Å². The van der Waals surface area contributed by atoms with Gasteiger partial charge in [-0.2, -0.15) is 0 Å². The first-order valence-corrected chi connectivity index (χ1v) is 3.93. The van der Waals surface area contributed by atoms with Crippen molar-refractivity contribution in [1.82, 2.24) is 5.32 Å². The van der Waals surface area contributed by atoms with Gasteiger partial charge in [0, 0.05) is 6.04 Å². The van der Waals surface area contributed by atoms with Crippen LogP contribution in [0.25, 0.3) is 0 Å². The van der Waals surface area contributed by atoms with Crippen LogP contribution in [0.3, 0.4) is 0 Å². The zero-order chi connectivity index (χ0) is 8.15. The average Bonchev–Trinajstić information content (AvgIpc) is 1.90. The molecule has 0 aromatic heterocycles. The highest BCUT2D eigenvalue weighted by molar-refractivity contribution is 4.89. The highest BCUT2D eigenvalue weighted by atomic mass is 14.9. The first-order chi connectivity index (χ1) is 4.63. The van der Waals surface area contributed by atoms with E-state index >= 15 is 0 Å². The van der Waals surface area contributed by atoms with Crippen LogP contribution < -0.4 is 5.32 Å². The molecule has 0 amide bonds. The molecule has 1 nitrogen and oxygen atoms in total. The molecule has 0 saturated heterocycles. The summed E-state index contributed by atoms with van der Waals surface area (Å²) in [5, 5.41) is 3.21. The van der Waals surface area contributed by atoms with Crippen LogP contribution in [0.2, 0.25) is 0 Å². The van der Waals surface area contributed by atoms with Gasteiger partial charge in [0.2, 0.25) is 0 Å². The Kier molecular flexibility index (Phi) is 4.37. The SMILES string of the molecule is C=CC(NC)C(C)C(C)C. The fourth-order valence-corrected chi connectivity index (χ4v) is 1.01. The van der Waals surface area contributed by atoms with Crippen LogP contribution in [-0.4, -0.2) is 13.1 Å². The minimum absolute atomic E-state index is 0.458. The maximum Gasteiger partial charge on any atom is 0.0272 e. The monoisotopic (exact) mass is 141 g/mol. The Bertz CT molecular complexity index is 96.9. The molecule has 0 aliphatic carbocycles. The Morgan fingerprint density at radius 1 is 1.30 bits per heavy atom. The Labute approximate surface area is 64.5 Å². The molecule has 1 heteroatoms. The first-order valence-electron chi connectivity index (χ1n) is 3.93. The molecule has 0 saturated carbocycles. The smallest absolute Gasteiger partial charge is 0.0272 e. The molecule has 2 atom stereocenters. The van der Waals surface area contributed by atoms with Gasteiger partial charge in [0.1, 0.15) is 0 Å². The molecular formula is C9H19N. The molecule has 0 spiro atoms. The lowest BCUT2D eigenvalue weighted by Crippen LogP contribution is -2.32. The van der Waals surface area contributed by atoms with Crippen molar-refractivity contribution in [3.8, 4) is 0 Å². The minimum atomic E-state index is 0.458. The van der Waals surface area contributed by atoms with Crippen molar-refractivity contribution in [2.45, 2.75) is 26.8 Å². The van der Waals surface area contributed by atoms with Crippen LogP contribution in [0.15, 0.2) is 12.7 Å². The Morgan fingerprint density at radius 3 is 1.90 bits per heavy atom. The standard InChI is InChI=1S/C9H19N/c1-6-9(10-5)8(4)7(2)3/h6-10H,1H2,2-5H3. The highest BCUT2D eigenvalue weighted by Gasteiger charge is 2.14. The van der Waals surface area contributed by atoms with Crippen molar-refractivity contribution in [3.63, 3.8) is 0 Å². The topological polar surface area (TPSA) is 12.0 Å². The molecule has 0 aromatic rings.